The molecule has 1 atom stereocenters. The van der Waals surface area contributed by atoms with Crippen molar-refractivity contribution in [3.63, 3.8) is 0 Å². The zero-order valence-electron chi connectivity index (χ0n) is 15.2. The molecule has 29 heavy (non-hydrogen) atoms. The molecule has 0 unspecified atom stereocenters. The van der Waals surface area contributed by atoms with Gasteiger partial charge in [0.15, 0.2) is 6.10 Å². The first-order valence-corrected chi connectivity index (χ1v) is 10.6. The van der Waals surface area contributed by atoms with E-state index in [9.17, 15) is 22.8 Å². The zero-order valence-corrected chi connectivity index (χ0v) is 17.6. The molecule has 0 saturated carbocycles. The third-order valence-corrected chi connectivity index (χ3v) is 5.09. The maximum absolute atomic E-state index is 12.1. The summed E-state index contributed by atoms with van der Waals surface area (Å²) in [5.41, 5.74) is 0.670. The second-order valence-corrected chi connectivity index (χ2v) is 8.36. The molecule has 0 aliphatic carbocycles. The lowest BCUT2D eigenvalue weighted by Gasteiger charge is -2.14. The highest BCUT2D eigenvalue weighted by Crippen LogP contribution is 2.13. The first kappa shape index (κ1) is 22.5. The van der Waals surface area contributed by atoms with Gasteiger partial charge in [0.2, 0.25) is 10.0 Å². The maximum Gasteiger partial charge on any atom is 0.326 e. The molecule has 0 aromatic heterocycles. The Bertz CT molecular complexity index is 1010. The number of esters is 1. The fraction of sp³-hybridized carbons (Fsp3) is 0.167. The lowest BCUT2D eigenvalue weighted by atomic mass is 10.2. The maximum atomic E-state index is 12.1. The lowest BCUT2D eigenvalue weighted by Crippen LogP contribution is -2.35. The van der Waals surface area contributed by atoms with Crippen LogP contribution in [0.5, 0.6) is 0 Å². The topological polar surface area (TPSA) is 145 Å². The van der Waals surface area contributed by atoms with Gasteiger partial charge in [-0.05, 0) is 55.5 Å². The van der Waals surface area contributed by atoms with E-state index >= 15 is 0 Å². The van der Waals surface area contributed by atoms with Crippen molar-refractivity contribution in [2.24, 2.45) is 5.14 Å². The molecule has 11 heteroatoms. The number of carbonyl (C=O) groups is 3. The molecule has 0 bridgehead atoms. The molecule has 2 rings (SSSR count). The minimum atomic E-state index is -3.83. The molecule has 0 heterocycles. The van der Waals surface area contributed by atoms with Crippen molar-refractivity contribution in [2.45, 2.75) is 17.9 Å². The van der Waals surface area contributed by atoms with Gasteiger partial charge in [-0.25, -0.2) is 13.6 Å². The number of nitrogens with two attached hydrogens (primary N) is 1. The first-order valence-electron chi connectivity index (χ1n) is 8.23. The Morgan fingerprint density at radius 3 is 2.21 bits per heavy atom. The quantitative estimate of drug-likeness (QED) is 0.507. The number of ether oxygens (including phenoxy) is 1. The molecule has 0 fully saturated rings. The van der Waals surface area contributed by atoms with E-state index in [1.807, 2.05) is 0 Å². The van der Waals surface area contributed by atoms with Crippen LogP contribution in [-0.4, -0.2) is 38.9 Å². The molecule has 154 valence electrons. The number of halogens is 1. The van der Waals surface area contributed by atoms with E-state index in [1.165, 1.54) is 31.2 Å². The van der Waals surface area contributed by atoms with Crippen LogP contribution in [0.25, 0.3) is 0 Å². The van der Waals surface area contributed by atoms with Crippen molar-refractivity contribution in [1.29, 1.82) is 0 Å². The van der Waals surface area contributed by atoms with E-state index in [-0.39, 0.29) is 4.90 Å². The van der Waals surface area contributed by atoms with Crippen molar-refractivity contribution in [3.05, 3.63) is 58.6 Å². The molecule has 0 spiro atoms. The van der Waals surface area contributed by atoms with Crippen molar-refractivity contribution < 1.29 is 27.5 Å². The van der Waals surface area contributed by atoms with E-state index < -0.39 is 40.5 Å². The number of hydrogen-bond donors (Lipinski definition) is 3. The van der Waals surface area contributed by atoms with Crippen LogP contribution in [0.1, 0.15) is 17.3 Å². The molecule has 0 aliphatic rings. The monoisotopic (exact) mass is 483 g/mol. The summed E-state index contributed by atoms with van der Waals surface area (Å²) in [6.07, 6.45) is -1.13. The average Bonchev–Trinajstić information content (AvgIpc) is 2.66. The van der Waals surface area contributed by atoms with Gasteiger partial charge < -0.3 is 15.4 Å². The van der Waals surface area contributed by atoms with Crippen molar-refractivity contribution in [3.8, 4) is 0 Å². The van der Waals surface area contributed by atoms with Crippen LogP contribution >= 0.6 is 15.9 Å². The highest BCUT2D eigenvalue weighted by molar-refractivity contribution is 9.10. The van der Waals surface area contributed by atoms with Crippen molar-refractivity contribution in [2.75, 3.05) is 11.9 Å². The fourth-order valence-electron chi connectivity index (χ4n) is 2.12. The Hall–Kier alpha value is -2.76. The van der Waals surface area contributed by atoms with Crippen molar-refractivity contribution in [1.82, 2.24) is 5.32 Å². The summed E-state index contributed by atoms with van der Waals surface area (Å²) in [5, 5.41) is 9.88. The normalized spacial score (nSPS) is 12.0. The van der Waals surface area contributed by atoms with E-state index in [0.717, 1.165) is 4.47 Å². The minimum Gasteiger partial charge on any atom is -0.451 e. The largest absolute Gasteiger partial charge is 0.451 e. The summed E-state index contributed by atoms with van der Waals surface area (Å²) in [6, 6.07) is 11.7. The van der Waals surface area contributed by atoms with Crippen LogP contribution in [-0.2, 0) is 24.3 Å². The SMILES string of the molecule is C[C@H](OC(=O)CNC(=O)c1ccc(Br)cc1)C(=O)Nc1ccc(S(N)(=O)=O)cc1. The standard InChI is InChI=1S/C18H18BrN3O6S/c1-11(17(24)22-14-6-8-15(9-7-14)29(20,26)27)28-16(23)10-21-18(25)12-2-4-13(19)5-3-12/h2-9,11H,10H2,1H3,(H,21,25)(H,22,24)(H2,20,26,27)/t11-/m0/s1. The van der Waals surface area contributed by atoms with Gasteiger partial charge in [-0.2, -0.15) is 0 Å². The van der Waals surface area contributed by atoms with E-state index in [0.29, 0.717) is 11.3 Å². The second kappa shape index (κ2) is 9.63. The summed E-state index contributed by atoms with van der Waals surface area (Å²) in [6.45, 7) is 0.956. The van der Waals surface area contributed by atoms with Crippen molar-refractivity contribution >= 4 is 49.4 Å². The third kappa shape index (κ3) is 6.97. The van der Waals surface area contributed by atoms with Crippen LogP contribution in [0.3, 0.4) is 0 Å². The Balaban J connectivity index is 1.83. The van der Waals surface area contributed by atoms with Gasteiger partial charge in [-0.1, -0.05) is 15.9 Å². The molecule has 0 aliphatic heterocycles. The Labute approximate surface area is 175 Å². The van der Waals surface area contributed by atoms with Crippen LogP contribution in [0, 0.1) is 0 Å². The number of amides is 2. The predicted octanol–water partition coefficient (Wildman–Crippen LogP) is 1.40. The minimum absolute atomic E-state index is 0.100. The molecular weight excluding hydrogens is 466 g/mol. The zero-order chi connectivity index (χ0) is 21.6. The van der Waals surface area contributed by atoms with Gasteiger partial charge in [0, 0.05) is 15.7 Å². The summed E-state index contributed by atoms with van der Waals surface area (Å²) in [4.78, 5) is 35.8. The van der Waals surface area contributed by atoms with Crippen LogP contribution in [0.4, 0.5) is 5.69 Å². The number of nitrogens with one attached hydrogen (secondary N) is 2. The number of anilines is 1. The van der Waals surface area contributed by atoms with E-state index in [2.05, 4.69) is 26.6 Å². The number of sulfonamides is 1. The summed E-state index contributed by atoms with van der Waals surface area (Å²) < 4.78 is 28.2. The Morgan fingerprint density at radius 2 is 1.66 bits per heavy atom. The van der Waals surface area contributed by atoms with Crippen LogP contribution < -0.4 is 15.8 Å². The first-order chi connectivity index (χ1) is 13.6. The molecule has 0 radical (unpaired) electrons. The molecular formula is C18H18BrN3O6S. The van der Waals surface area contributed by atoms with Gasteiger partial charge in [-0.3, -0.25) is 14.4 Å². The number of benzene rings is 2. The van der Waals surface area contributed by atoms with Gasteiger partial charge >= 0.3 is 5.97 Å². The third-order valence-electron chi connectivity index (χ3n) is 3.63. The van der Waals surface area contributed by atoms with Gasteiger partial charge in [-0.15, -0.1) is 0 Å². The Kier molecular flexibility index (Phi) is 7.48. The highest BCUT2D eigenvalue weighted by atomic mass is 79.9. The summed E-state index contributed by atoms with van der Waals surface area (Å²) in [5.74, 6) is -1.87. The number of rotatable bonds is 7. The van der Waals surface area contributed by atoms with Gasteiger partial charge in [0.05, 0.1) is 4.90 Å². The number of primary sulfonamides is 1. The average molecular weight is 484 g/mol. The smallest absolute Gasteiger partial charge is 0.326 e. The van der Waals surface area contributed by atoms with Crippen LogP contribution in [0.2, 0.25) is 0 Å². The predicted molar refractivity (Wildman–Crippen MR) is 108 cm³/mol. The molecule has 4 N–H and O–H groups in total. The molecule has 9 nitrogen and oxygen atoms in total. The van der Waals surface area contributed by atoms with Gasteiger partial charge in [0.1, 0.15) is 6.54 Å². The van der Waals surface area contributed by atoms with Gasteiger partial charge in [0.25, 0.3) is 11.8 Å². The number of hydrogen-bond acceptors (Lipinski definition) is 6. The molecule has 2 aromatic carbocycles. The lowest BCUT2D eigenvalue weighted by molar-refractivity contribution is -0.152. The van der Waals surface area contributed by atoms with E-state index in [4.69, 9.17) is 9.88 Å². The second-order valence-electron chi connectivity index (χ2n) is 5.88. The number of carbonyl (C=O) groups excluding carboxylic acids is 3. The molecule has 0 saturated heterocycles. The summed E-state index contributed by atoms with van der Waals surface area (Å²) in [7, 11) is -3.83. The van der Waals surface area contributed by atoms with Crippen LogP contribution in [0.15, 0.2) is 57.9 Å². The molecule has 2 amide bonds. The highest BCUT2D eigenvalue weighted by Gasteiger charge is 2.19. The molecule has 2 aromatic rings. The fourth-order valence-corrected chi connectivity index (χ4v) is 2.90. The Morgan fingerprint density at radius 1 is 1.07 bits per heavy atom. The van der Waals surface area contributed by atoms with E-state index in [1.54, 1.807) is 24.3 Å². The summed E-state index contributed by atoms with van der Waals surface area (Å²) >= 11 is 3.26.